The van der Waals surface area contributed by atoms with E-state index in [0.717, 1.165) is 5.57 Å². The zero-order valence-corrected chi connectivity index (χ0v) is 21.3. The van der Waals surface area contributed by atoms with E-state index in [2.05, 4.69) is 0 Å². The van der Waals surface area contributed by atoms with Crippen LogP contribution in [0.3, 0.4) is 0 Å². The van der Waals surface area contributed by atoms with E-state index in [1.165, 1.54) is 27.0 Å². The molecule has 0 aromatic carbocycles. The lowest BCUT2D eigenvalue weighted by atomic mass is 9.71. The van der Waals surface area contributed by atoms with E-state index >= 15 is 0 Å². The van der Waals surface area contributed by atoms with Crippen LogP contribution in [0.4, 0.5) is 0 Å². The summed E-state index contributed by atoms with van der Waals surface area (Å²) in [5, 5.41) is 0. The van der Waals surface area contributed by atoms with E-state index in [9.17, 15) is 14.4 Å². The van der Waals surface area contributed by atoms with E-state index < -0.39 is 42.0 Å². The molecule has 0 aromatic rings. The number of hydrogen-bond donors (Lipinski definition) is 0. The van der Waals surface area contributed by atoms with Crippen LogP contribution in [0.5, 0.6) is 0 Å². The molecule has 3 saturated heterocycles. The Kier molecular flexibility index (Phi) is 6.41. The molecule has 4 heterocycles. The number of allylic oxidation sites excluding steroid dienone is 1. The Hall–Kier alpha value is -2.43. The second kappa shape index (κ2) is 9.15. The van der Waals surface area contributed by atoms with E-state index in [-0.39, 0.29) is 29.6 Å². The molecule has 0 aromatic heterocycles. The average Bonchev–Trinajstić information content (AvgIpc) is 3.64. The van der Waals surface area contributed by atoms with Crippen LogP contribution in [-0.4, -0.2) is 73.0 Å². The number of fused-ring (bicyclic) bond motifs is 4. The van der Waals surface area contributed by atoms with Crippen LogP contribution < -0.4 is 0 Å². The van der Waals surface area contributed by atoms with Gasteiger partial charge in [-0.2, -0.15) is 0 Å². The smallest absolute Gasteiger partial charge is 0.305 e. The van der Waals surface area contributed by atoms with Gasteiger partial charge in [-0.05, 0) is 38.7 Å². The van der Waals surface area contributed by atoms with Gasteiger partial charge in [-0.1, -0.05) is 5.57 Å². The summed E-state index contributed by atoms with van der Waals surface area (Å²) in [7, 11) is 0. The highest BCUT2D eigenvalue weighted by Crippen LogP contribution is 2.59. The van der Waals surface area contributed by atoms with Gasteiger partial charge in [-0.25, -0.2) is 0 Å². The summed E-state index contributed by atoms with van der Waals surface area (Å²) < 4.78 is 41.0. The van der Waals surface area contributed by atoms with Crippen LogP contribution in [0.15, 0.2) is 23.5 Å². The number of carbonyl (C=O) groups excluding carboxylic acids is 3. The van der Waals surface area contributed by atoms with Crippen LogP contribution >= 0.6 is 0 Å². The fraction of sp³-hybridized carbons (Fsp3) is 0.731. The summed E-state index contributed by atoms with van der Waals surface area (Å²) in [6, 6.07) is 0. The monoisotopic (exact) mass is 506 g/mol. The van der Waals surface area contributed by atoms with Crippen molar-refractivity contribution in [2.45, 2.75) is 95.8 Å². The molecule has 36 heavy (non-hydrogen) atoms. The molecule has 2 spiro atoms. The van der Waals surface area contributed by atoms with Crippen molar-refractivity contribution in [1.29, 1.82) is 0 Å². The molecule has 9 unspecified atom stereocenters. The maximum absolute atomic E-state index is 12.2. The molecule has 1 aliphatic carbocycles. The lowest BCUT2D eigenvalue weighted by molar-refractivity contribution is -0.194. The van der Waals surface area contributed by atoms with Crippen molar-refractivity contribution >= 4 is 17.9 Å². The maximum Gasteiger partial charge on any atom is 0.305 e. The molecule has 5 rings (SSSR count). The second-order valence-electron chi connectivity index (χ2n) is 10.8. The zero-order valence-electron chi connectivity index (χ0n) is 21.3. The summed E-state index contributed by atoms with van der Waals surface area (Å²) in [6.07, 6.45) is 2.59. The molecular weight excluding hydrogens is 472 g/mol. The first-order chi connectivity index (χ1) is 17.0. The van der Waals surface area contributed by atoms with Gasteiger partial charge in [0.1, 0.15) is 17.3 Å². The summed E-state index contributed by atoms with van der Waals surface area (Å²) in [4.78, 5) is 36.2. The first-order valence-corrected chi connectivity index (χ1v) is 12.5. The van der Waals surface area contributed by atoms with Crippen molar-refractivity contribution in [3.8, 4) is 0 Å². The molecule has 4 aliphatic heterocycles. The van der Waals surface area contributed by atoms with E-state index in [4.69, 9.17) is 33.2 Å². The van der Waals surface area contributed by atoms with Gasteiger partial charge in [0.25, 0.3) is 0 Å². The molecule has 0 bridgehead atoms. The highest BCUT2D eigenvalue weighted by Gasteiger charge is 2.70. The van der Waals surface area contributed by atoms with Crippen molar-refractivity contribution in [3.05, 3.63) is 23.5 Å². The Bertz CT molecular complexity index is 987. The fourth-order valence-electron chi connectivity index (χ4n) is 6.01. The molecule has 10 nitrogen and oxygen atoms in total. The Labute approximate surface area is 210 Å². The van der Waals surface area contributed by atoms with Crippen molar-refractivity contribution < 1.29 is 47.5 Å². The van der Waals surface area contributed by atoms with Crippen molar-refractivity contribution in [3.63, 3.8) is 0 Å². The molecule has 1 saturated carbocycles. The van der Waals surface area contributed by atoms with Gasteiger partial charge >= 0.3 is 17.9 Å². The van der Waals surface area contributed by atoms with Gasteiger partial charge in [-0.3, -0.25) is 14.4 Å². The number of hydrogen-bond acceptors (Lipinski definition) is 10. The van der Waals surface area contributed by atoms with Crippen LogP contribution in [0.25, 0.3) is 0 Å². The maximum atomic E-state index is 12.2. The first-order valence-electron chi connectivity index (χ1n) is 12.5. The first kappa shape index (κ1) is 25.2. The molecule has 0 radical (unpaired) electrons. The third-order valence-electron chi connectivity index (χ3n) is 7.66. The van der Waals surface area contributed by atoms with Crippen molar-refractivity contribution in [2.24, 2.45) is 11.8 Å². The fourth-order valence-corrected chi connectivity index (χ4v) is 6.01. The van der Waals surface area contributed by atoms with Crippen LogP contribution in [0, 0.1) is 11.8 Å². The summed E-state index contributed by atoms with van der Waals surface area (Å²) >= 11 is 0. The number of epoxide rings is 3. The molecule has 10 heteroatoms. The minimum atomic E-state index is -0.925. The molecule has 9 atom stereocenters. The van der Waals surface area contributed by atoms with Crippen LogP contribution in [0.2, 0.25) is 0 Å². The van der Waals surface area contributed by atoms with E-state index in [1.807, 2.05) is 13.8 Å². The van der Waals surface area contributed by atoms with Gasteiger partial charge in [-0.15, -0.1) is 0 Å². The summed E-state index contributed by atoms with van der Waals surface area (Å²) in [5.41, 5.74) is 0.606. The average molecular weight is 507 g/mol. The highest BCUT2D eigenvalue weighted by molar-refractivity contribution is 5.68. The number of rotatable bonds is 6. The number of ether oxygens (including phenoxy) is 7. The standard InChI is InChI=1S/C26H34O10/c1-13(2)8-19(33-14(3)27)22(34-15(4)28)18-10-30-24(35-16(5)29)21-17(18)6-7-25(11-31-25)23-20(36-23)9-26(21)12-32-26/h8,10,17,19-24H,6-7,9,11-12H2,1-5H3. The van der Waals surface area contributed by atoms with Crippen molar-refractivity contribution in [1.82, 2.24) is 0 Å². The molecule has 198 valence electrons. The number of carbonyl (C=O) groups is 3. The van der Waals surface area contributed by atoms with E-state index in [1.54, 1.807) is 6.08 Å². The van der Waals surface area contributed by atoms with Gasteiger partial charge in [0.15, 0.2) is 12.2 Å². The van der Waals surface area contributed by atoms with Gasteiger partial charge in [0, 0.05) is 32.8 Å². The predicted molar refractivity (Wildman–Crippen MR) is 122 cm³/mol. The van der Waals surface area contributed by atoms with Gasteiger partial charge in [0.05, 0.1) is 31.5 Å². The molecule has 5 aliphatic rings. The Morgan fingerprint density at radius 1 is 1.00 bits per heavy atom. The Morgan fingerprint density at radius 3 is 2.22 bits per heavy atom. The lowest BCUT2D eigenvalue weighted by Gasteiger charge is -2.43. The summed E-state index contributed by atoms with van der Waals surface area (Å²) in [6.45, 7) is 8.82. The molecule has 0 amide bonds. The van der Waals surface area contributed by atoms with Crippen LogP contribution in [0.1, 0.15) is 53.9 Å². The van der Waals surface area contributed by atoms with Gasteiger partial charge in [0.2, 0.25) is 6.29 Å². The largest absolute Gasteiger partial charge is 0.462 e. The predicted octanol–water partition coefficient (Wildman–Crippen LogP) is 2.34. The normalized spacial score (nSPS) is 39.4. The second-order valence-corrected chi connectivity index (χ2v) is 10.8. The Balaban J connectivity index is 1.56. The zero-order chi connectivity index (χ0) is 25.8. The molecule has 0 N–H and O–H groups in total. The summed E-state index contributed by atoms with van der Waals surface area (Å²) in [5.74, 6) is -2.11. The topological polar surface area (TPSA) is 126 Å². The quantitative estimate of drug-likeness (QED) is 0.229. The minimum Gasteiger partial charge on any atom is -0.462 e. The van der Waals surface area contributed by atoms with Crippen molar-refractivity contribution in [2.75, 3.05) is 13.2 Å². The SMILES string of the molecule is CC(=O)OC(C=C(C)C)C(OC(C)=O)C1=COC(OC(C)=O)C2C1CCC1(CO1)C1OC1CC21CO1. The highest BCUT2D eigenvalue weighted by atomic mass is 16.7. The third-order valence-corrected chi connectivity index (χ3v) is 7.66. The van der Waals surface area contributed by atoms with E-state index in [0.29, 0.717) is 38.0 Å². The van der Waals surface area contributed by atoms with Gasteiger partial charge < -0.3 is 33.2 Å². The minimum absolute atomic E-state index is 0.00446. The Morgan fingerprint density at radius 2 is 1.67 bits per heavy atom. The third kappa shape index (κ3) is 4.90. The van der Waals surface area contributed by atoms with Crippen LogP contribution in [-0.2, 0) is 47.5 Å². The number of esters is 3. The lowest BCUT2D eigenvalue weighted by Crippen LogP contribution is -2.50. The molecule has 4 fully saturated rings. The molecular formula is C26H34O10.